The number of halogens is 1. The molecule has 2 aromatic rings. The number of hydrogen-bond donors (Lipinski definition) is 1. The Balaban J connectivity index is 2.01. The first-order valence-electron chi connectivity index (χ1n) is 6.56. The summed E-state index contributed by atoms with van der Waals surface area (Å²) < 4.78 is 1.98. The van der Waals surface area contributed by atoms with Crippen LogP contribution in [0.2, 0.25) is 0 Å². The molecule has 0 saturated carbocycles. The Labute approximate surface area is 125 Å². The second kappa shape index (κ2) is 5.76. The number of piperazine rings is 1. The van der Waals surface area contributed by atoms with Crippen molar-refractivity contribution in [3.63, 3.8) is 0 Å². The fraction of sp³-hybridized carbons (Fsp3) is 0.286. The van der Waals surface area contributed by atoms with Crippen LogP contribution >= 0.6 is 15.9 Å². The van der Waals surface area contributed by atoms with Crippen LogP contribution in [-0.4, -0.2) is 36.0 Å². The molecule has 1 aromatic carbocycles. The molecule has 5 nitrogen and oxygen atoms in total. The lowest BCUT2D eigenvalue weighted by Crippen LogP contribution is -2.44. The van der Waals surface area contributed by atoms with Gasteiger partial charge in [-0.2, -0.15) is 9.78 Å². The third-order valence-electron chi connectivity index (χ3n) is 3.36. The van der Waals surface area contributed by atoms with Gasteiger partial charge in [0.25, 0.3) is 5.56 Å². The monoisotopic (exact) mass is 334 g/mol. The number of nitrogens with zero attached hydrogens (tertiary/aromatic N) is 3. The Morgan fingerprint density at radius 2 is 1.85 bits per heavy atom. The molecule has 0 amide bonds. The molecule has 3 rings (SSSR count). The highest BCUT2D eigenvalue weighted by Gasteiger charge is 2.17. The van der Waals surface area contributed by atoms with E-state index in [4.69, 9.17) is 0 Å². The predicted molar refractivity (Wildman–Crippen MR) is 82.6 cm³/mol. The largest absolute Gasteiger partial charge is 0.367 e. The molecular weight excluding hydrogens is 320 g/mol. The van der Waals surface area contributed by atoms with E-state index in [1.807, 2.05) is 30.3 Å². The zero-order valence-electron chi connectivity index (χ0n) is 10.9. The number of nitrogens with one attached hydrogen (secondary N) is 1. The van der Waals surface area contributed by atoms with Crippen LogP contribution in [0.4, 0.5) is 5.69 Å². The SMILES string of the molecule is O=c1c(Br)c(N2CCNCC2)cnn1-c1ccccc1. The Bertz CT molecular complexity index is 650. The van der Waals surface area contributed by atoms with Crippen LogP contribution in [0.15, 0.2) is 45.8 Å². The van der Waals surface area contributed by atoms with E-state index in [1.54, 1.807) is 6.20 Å². The Kier molecular flexibility index (Phi) is 3.84. The molecule has 1 aliphatic heterocycles. The molecule has 1 aliphatic rings. The molecule has 1 aromatic heterocycles. The third-order valence-corrected chi connectivity index (χ3v) is 4.10. The molecule has 1 N–H and O–H groups in total. The predicted octanol–water partition coefficient (Wildman–Crippen LogP) is 1.40. The maximum absolute atomic E-state index is 12.4. The van der Waals surface area contributed by atoms with Gasteiger partial charge in [0, 0.05) is 26.2 Å². The Hall–Kier alpha value is -1.66. The van der Waals surface area contributed by atoms with Crippen LogP contribution < -0.4 is 15.8 Å². The lowest BCUT2D eigenvalue weighted by Gasteiger charge is -2.29. The van der Waals surface area contributed by atoms with Crippen molar-refractivity contribution >= 4 is 21.6 Å². The average molecular weight is 335 g/mol. The summed E-state index contributed by atoms with van der Waals surface area (Å²) in [5, 5.41) is 7.59. The standard InChI is InChI=1S/C14H15BrN4O/c15-13-12(18-8-6-16-7-9-18)10-17-19(14(13)20)11-4-2-1-3-5-11/h1-5,10,16H,6-9H2. The lowest BCUT2D eigenvalue weighted by atomic mass is 10.3. The smallest absolute Gasteiger partial charge is 0.287 e. The maximum atomic E-state index is 12.4. The molecule has 1 saturated heterocycles. The van der Waals surface area contributed by atoms with Crippen molar-refractivity contribution in [1.29, 1.82) is 0 Å². The summed E-state index contributed by atoms with van der Waals surface area (Å²) in [7, 11) is 0. The second-order valence-corrected chi connectivity index (χ2v) is 5.43. The minimum absolute atomic E-state index is 0.132. The van der Waals surface area contributed by atoms with Crippen LogP contribution in [0.1, 0.15) is 0 Å². The number of aromatic nitrogens is 2. The molecule has 2 heterocycles. The van der Waals surface area contributed by atoms with Gasteiger partial charge in [0.05, 0.1) is 17.6 Å². The Morgan fingerprint density at radius 1 is 1.15 bits per heavy atom. The summed E-state index contributed by atoms with van der Waals surface area (Å²) in [6, 6.07) is 9.43. The first kappa shape index (κ1) is 13.3. The van der Waals surface area contributed by atoms with E-state index < -0.39 is 0 Å². The van der Waals surface area contributed by atoms with Gasteiger partial charge >= 0.3 is 0 Å². The van der Waals surface area contributed by atoms with Gasteiger partial charge in [-0.1, -0.05) is 18.2 Å². The van der Waals surface area contributed by atoms with E-state index in [9.17, 15) is 4.79 Å². The molecule has 0 unspecified atom stereocenters. The molecule has 0 spiro atoms. The van der Waals surface area contributed by atoms with Crippen LogP contribution in [-0.2, 0) is 0 Å². The van der Waals surface area contributed by atoms with E-state index in [0.29, 0.717) is 4.47 Å². The van der Waals surface area contributed by atoms with Crippen LogP contribution in [0.25, 0.3) is 5.69 Å². The lowest BCUT2D eigenvalue weighted by molar-refractivity contribution is 0.586. The summed E-state index contributed by atoms with van der Waals surface area (Å²) in [5.41, 5.74) is 1.50. The topological polar surface area (TPSA) is 50.2 Å². The fourth-order valence-corrected chi connectivity index (χ4v) is 2.82. The van der Waals surface area contributed by atoms with Crippen LogP contribution in [0, 0.1) is 0 Å². The average Bonchev–Trinajstić information content (AvgIpc) is 2.52. The quantitative estimate of drug-likeness (QED) is 0.902. The van der Waals surface area contributed by atoms with E-state index >= 15 is 0 Å². The van der Waals surface area contributed by atoms with Gasteiger partial charge in [-0.3, -0.25) is 4.79 Å². The highest BCUT2D eigenvalue weighted by molar-refractivity contribution is 9.10. The van der Waals surface area contributed by atoms with Gasteiger partial charge in [0.1, 0.15) is 4.47 Å². The van der Waals surface area contributed by atoms with E-state index in [0.717, 1.165) is 37.6 Å². The summed E-state index contributed by atoms with van der Waals surface area (Å²) in [4.78, 5) is 14.6. The minimum Gasteiger partial charge on any atom is -0.367 e. The minimum atomic E-state index is -0.132. The molecule has 20 heavy (non-hydrogen) atoms. The van der Waals surface area contributed by atoms with Gasteiger partial charge in [0.15, 0.2) is 0 Å². The molecule has 1 fully saturated rings. The maximum Gasteiger partial charge on any atom is 0.287 e. The first-order valence-corrected chi connectivity index (χ1v) is 7.35. The van der Waals surface area contributed by atoms with Crippen molar-refractivity contribution in [2.45, 2.75) is 0 Å². The van der Waals surface area contributed by atoms with Gasteiger partial charge in [-0.25, -0.2) is 0 Å². The summed E-state index contributed by atoms with van der Waals surface area (Å²) in [6.45, 7) is 3.62. The van der Waals surface area contributed by atoms with Gasteiger partial charge in [-0.05, 0) is 28.1 Å². The highest BCUT2D eigenvalue weighted by atomic mass is 79.9. The molecule has 0 aliphatic carbocycles. The van der Waals surface area contributed by atoms with Crippen molar-refractivity contribution in [2.75, 3.05) is 31.1 Å². The van der Waals surface area contributed by atoms with Crippen LogP contribution in [0.3, 0.4) is 0 Å². The van der Waals surface area contributed by atoms with Crippen LogP contribution in [0.5, 0.6) is 0 Å². The molecule has 0 atom stereocenters. The number of para-hydroxylation sites is 1. The van der Waals surface area contributed by atoms with Crippen molar-refractivity contribution < 1.29 is 0 Å². The van der Waals surface area contributed by atoms with Crippen molar-refractivity contribution in [3.05, 3.63) is 51.4 Å². The summed E-state index contributed by atoms with van der Waals surface area (Å²) in [5.74, 6) is 0. The van der Waals surface area contributed by atoms with Crippen molar-refractivity contribution in [1.82, 2.24) is 15.1 Å². The number of benzene rings is 1. The molecular formula is C14H15BrN4O. The zero-order valence-corrected chi connectivity index (χ0v) is 12.5. The van der Waals surface area contributed by atoms with E-state index in [2.05, 4.69) is 31.2 Å². The van der Waals surface area contributed by atoms with Gasteiger partial charge in [0.2, 0.25) is 0 Å². The third kappa shape index (κ3) is 2.48. The molecule has 104 valence electrons. The first-order chi connectivity index (χ1) is 9.77. The Morgan fingerprint density at radius 3 is 2.55 bits per heavy atom. The van der Waals surface area contributed by atoms with Crippen molar-refractivity contribution in [2.24, 2.45) is 0 Å². The molecule has 0 radical (unpaired) electrons. The fourth-order valence-electron chi connectivity index (χ4n) is 2.30. The van der Waals surface area contributed by atoms with Gasteiger partial charge < -0.3 is 10.2 Å². The highest BCUT2D eigenvalue weighted by Crippen LogP contribution is 2.22. The zero-order chi connectivity index (χ0) is 13.9. The molecule has 6 heteroatoms. The number of rotatable bonds is 2. The number of hydrogen-bond acceptors (Lipinski definition) is 4. The van der Waals surface area contributed by atoms with E-state index in [-0.39, 0.29) is 5.56 Å². The van der Waals surface area contributed by atoms with Gasteiger partial charge in [-0.15, -0.1) is 0 Å². The summed E-state index contributed by atoms with van der Waals surface area (Å²) >= 11 is 3.43. The second-order valence-electron chi connectivity index (χ2n) is 4.63. The normalized spacial score (nSPS) is 15.3. The summed E-state index contributed by atoms with van der Waals surface area (Å²) in [6.07, 6.45) is 1.75. The van der Waals surface area contributed by atoms with E-state index in [1.165, 1.54) is 4.68 Å². The molecule has 0 bridgehead atoms. The number of anilines is 1. The van der Waals surface area contributed by atoms with Crippen molar-refractivity contribution in [3.8, 4) is 5.69 Å².